The molecule has 0 spiro atoms. The van der Waals surface area contributed by atoms with Gasteiger partial charge in [-0.1, -0.05) is 17.7 Å². The number of carbonyl (C=O) groups is 2. The third-order valence-electron chi connectivity index (χ3n) is 4.03. The Morgan fingerprint density at radius 3 is 2.26 bits per heavy atom. The predicted molar refractivity (Wildman–Crippen MR) is 103 cm³/mol. The number of hydrogen-bond donors (Lipinski definition) is 1. The summed E-state index contributed by atoms with van der Waals surface area (Å²) in [5.41, 5.74) is 4.93. The Hall–Kier alpha value is -3.41. The first-order valence-electron chi connectivity index (χ1n) is 8.60. The van der Waals surface area contributed by atoms with Crippen molar-refractivity contribution in [1.29, 1.82) is 0 Å². The summed E-state index contributed by atoms with van der Waals surface area (Å²) in [5.74, 6) is -0.930. The summed E-state index contributed by atoms with van der Waals surface area (Å²) in [7, 11) is 0. The third kappa shape index (κ3) is 4.61. The molecule has 2 aromatic carbocycles. The van der Waals surface area contributed by atoms with Crippen LogP contribution in [0.25, 0.3) is 5.69 Å². The number of aromatic nitrogens is 2. The Bertz CT molecular complexity index is 957. The first kappa shape index (κ1) is 18.4. The summed E-state index contributed by atoms with van der Waals surface area (Å²) >= 11 is 0. The number of rotatable bonds is 5. The van der Waals surface area contributed by atoms with Crippen LogP contribution in [0, 0.1) is 20.8 Å². The fourth-order valence-corrected chi connectivity index (χ4v) is 2.68. The fourth-order valence-electron chi connectivity index (χ4n) is 2.68. The molecule has 3 aromatic rings. The highest BCUT2D eigenvalue weighted by molar-refractivity contribution is 5.95. The van der Waals surface area contributed by atoms with Crippen LogP contribution in [-0.4, -0.2) is 28.3 Å². The number of anilines is 1. The van der Waals surface area contributed by atoms with E-state index in [0.29, 0.717) is 11.3 Å². The normalized spacial score (nSPS) is 10.5. The molecule has 0 aliphatic heterocycles. The third-order valence-corrected chi connectivity index (χ3v) is 4.03. The average Bonchev–Trinajstić information content (AvgIpc) is 3.00. The van der Waals surface area contributed by atoms with Crippen molar-refractivity contribution in [2.24, 2.45) is 0 Å². The second-order valence-electron chi connectivity index (χ2n) is 6.38. The van der Waals surface area contributed by atoms with E-state index in [9.17, 15) is 9.59 Å². The van der Waals surface area contributed by atoms with Gasteiger partial charge in [0.1, 0.15) is 0 Å². The van der Waals surface area contributed by atoms with Crippen molar-refractivity contribution in [1.82, 2.24) is 9.78 Å². The van der Waals surface area contributed by atoms with E-state index in [4.69, 9.17) is 4.74 Å². The maximum Gasteiger partial charge on any atom is 0.338 e. The van der Waals surface area contributed by atoms with Gasteiger partial charge in [-0.25, -0.2) is 9.48 Å². The number of amides is 1. The summed E-state index contributed by atoms with van der Waals surface area (Å²) in [6.45, 7) is 5.52. The molecule has 0 atom stereocenters. The van der Waals surface area contributed by atoms with Gasteiger partial charge in [0.15, 0.2) is 6.61 Å². The molecule has 138 valence electrons. The van der Waals surface area contributed by atoms with E-state index >= 15 is 0 Å². The van der Waals surface area contributed by atoms with Gasteiger partial charge in [0, 0.05) is 11.4 Å². The van der Waals surface area contributed by atoms with E-state index in [1.807, 2.05) is 39.0 Å². The summed E-state index contributed by atoms with van der Waals surface area (Å²) in [6, 6.07) is 16.3. The number of nitrogens with zero attached hydrogens (tertiary/aromatic N) is 2. The van der Waals surface area contributed by atoms with Gasteiger partial charge in [0.05, 0.1) is 16.9 Å². The van der Waals surface area contributed by atoms with E-state index in [-0.39, 0.29) is 12.5 Å². The summed E-state index contributed by atoms with van der Waals surface area (Å²) < 4.78 is 6.89. The predicted octanol–water partition coefficient (Wildman–Crippen LogP) is 3.59. The Balaban J connectivity index is 1.57. The molecule has 0 saturated heterocycles. The topological polar surface area (TPSA) is 73.2 Å². The summed E-state index contributed by atoms with van der Waals surface area (Å²) in [4.78, 5) is 24.1. The van der Waals surface area contributed by atoms with E-state index in [2.05, 4.69) is 10.4 Å². The molecule has 0 aliphatic carbocycles. The SMILES string of the molecule is Cc1ccc(NC(=O)COC(=O)c2ccc(-n3nc(C)cc3C)cc2)cc1. The van der Waals surface area contributed by atoms with Crippen LogP contribution in [0.3, 0.4) is 0 Å². The molecular weight excluding hydrogens is 342 g/mol. The van der Waals surface area contributed by atoms with Crippen LogP contribution in [-0.2, 0) is 9.53 Å². The van der Waals surface area contributed by atoms with Gasteiger partial charge < -0.3 is 10.1 Å². The monoisotopic (exact) mass is 363 g/mol. The molecule has 0 aliphatic rings. The molecule has 0 saturated carbocycles. The second-order valence-corrected chi connectivity index (χ2v) is 6.38. The number of nitrogens with one attached hydrogen (secondary N) is 1. The quantitative estimate of drug-likeness (QED) is 0.703. The maximum atomic E-state index is 12.1. The molecule has 1 aromatic heterocycles. The van der Waals surface area contributed by atoms with Crippen molar-refractivity contribution < 1.29 is 14.3 Å². The van der Waals surface area contributed by atoms with Crippen molar-refractivity contribution in [3.63, 3.8) is 0 Å². The van der Waals surface area contributed by atoms with E-state index in [1.165, 1.54) is 0 Å². The number of aryl methyl sites for hydroxylation is 3. The molecule has 1 heterocycles. The molecule has 0 unspecified atom stereocenters. The smallest absolute Gasteiger partial charge is 0.338 e. The molecular formula is C21H21N3O3. The Labute approximate surface area is 157 Å². The number of benzene rings is 2. The minimum Gasteiger partial charge on any atom is -0.452 e. The fraction of sp³-hybridized carbons (Fsp3) is 0.190. The molecule has 6 nitrogen and oxygen atoms in total. The van der Waals surface area contributed by atoms with Crippen molar-refractivity contribution in [2.45, 2.75) is 20.8 Å². The largest absolute Gasteiger partial charge is 0.452 e. The van der Waals surface area contributed by atoms with Crippen molar-refractivity contribution >= 4 is 17.6 Å². The molecule has 6 heteroatoms. The second kappa shape index (κ2) is 7.86. The number of carbonyl (C=O) groups excluding carboxylic acids is 2. The summed E-state index contributed by atoms with van der Waals surface area (Å²) in [6.07, 6.45) is 0. The average molecular weight is 363 g/mol. The number of ether oxygens (including phenoxy) is 1. The van der Waals surface area contributed by atoms with Crippen LogP contribution in [0.2, 0.25) is 0 Å². The Kier molecular flexibility index (Phi) is 5.35. The Morgan fingerprint density at radius 1 is 1.00 bits per heavy atom. The molecule has 0 radical (unpaired) electrons. The minimum atomic E-state index is -0.547. The number of esters is 1. The lowest BCUT2D eigenvalue weighted by Crippen LogP contribution is -2.20. The minimum absolute atomic E-state index is 0.341. The summed E-state index contributed by atoms with van der Waals surface area (Å²) in [5, 5.41) is 7.09. The van der Waals surface area contributed by atoms with Crippen LogP contribution < -0.4 is 5.32 Å². The zero-order valence-corrected chi connectivity index (χ0v) is 15.5. The maximum absolute atomic E-state index is 12.1. The van der Waals surface area contributed by atoms with Crippen LogP contribution in [0.4, 0.5) is 5.69 Å². The lowest BCUT2D eigenvalue weighted by molar-refractivity contribution is -0.119. The zero-order valence-electron chi connectivity index (χ0n) is 15.5. The van der Waals surface area contributed by atoms with Gasteiger partial charge in [-0.3, -0.25) is 4.79 Å². The zero-order chi connectivity index (χ0) is 19.4. The standard InChI is InChI=1S/C21H21N3O3/c1-14-4-8-18(9-5-14)22-20(25)13-27-21(26)17-6-10-19(11-7-17)24-16(3)12-15(2)23-24/h4-12H,13H2,1-3H3,(H,22,25). The van der Waals surface area contributed by atoms with Crippen LogP contribution >= 0.6 is 0 Å². The first-order valence-corrected chi connectivity index (χ1v) is 8.60. The highest BCUT2D eigenvalue weighted by atomic mass is 16.5. The lowest BCUT2D eigenvalue weighted by Gasteiger charge is -2.08. The van der Waals surface area contributed by atoms with Gasteiger partial charge >= 0.3 is 5.97 Å². The van der Waals surface area contributed by atoms with Crippen LogP contribution in [0.1, 0.15) is 27.3 Å². The molecule has 1 N–H and O–H groups in total. The molecule has 27 heavy (non-hydrogen) atoms. The van der Waals surface area contributed by atoms with Crippen molar-refractivity contribution in [2.75, 3.05) is 11.9 Å². The van der Waals surface area contributed by atoms with Crippen molar-refractivity contribution in [3.05, 3.63) is 77.1 Å². The molecule has 0 bridgehead atoms. The van der Waals surface area contributed by atoms with Gasteiger partial charge in [-0.05, 0) is 63.2 Å². The lowest BCUT2D eigenvalue weighted by atomic mass is 10.2. The van der Waals surface area contributed by atoms with Gasteiger partial charge in [0.25, 0.3) is 5.91 Å². The molecule has 3 rings (SSSR count). The highest BCUT2D eigenvalue weighted by Crippen LogP contribution is 2.14. The van der Waals surface area contributed by atoms with Crippen molar-refractivity contribution in [3.8, 4) is 5.69 Å². The Morgan fingerprint density at radius 2 is 1.67 bits per heavy atom. The number of hydrogen-bond acceptors (Lipinski definition) is 4. The highest BCUT2D eigenvalue weighted by Gasteiger charge is 2.11. The van der Waals surface area contributed by atoms with Crippen LogP contribution in [0.5, 0.6) is 0 Å². The van der Waals surface area contributed by atoms with Gasteiger partial charge in [-0.15, -0.1) is 0 Å². The van der Waals surface area contributed by atoms with Crippen LogP contribution in [0.15, 0.2) is 54.6 Å². The van der Waals surface area contributed by atoms with E-state index in [1.54, 1.807) is 41.1 Å². The molecule has 1 amide bonds. The first-order chi connectivity index (χ1) is 12.9. The van der Waals surface area contributed by atoms with Gasteiger partial charge in [-0.2, -0.15) is 5.10 Å². The van der Waals surface area contributed by atoms with E-state index in [0.717, 1.165) is 22.6 Å². The van der Waals surface area contributed by atoms with Gasteiger partial charge in [0.2, 0.25) is 0 Å². The van der Waals surface area contributed by atoms with E-state index < -0.39 is 5.97 Å². The molecule has 0 fully saturated rings.